The highest BCUT2D eigenvalue weighted by Crippen LogP contribution is 2.10. The van der Waals surface area contributed by atoms with Gasteiger partial charge in [0.15, 0.2) is 0 Å². The van der Waals surface area contributed by atoms with E-state index in [1.165, 1.54) is 0 Å². The van der Waals surface area contributed by atoms with Crippen LogP contribution in [0, 0.1) is 0 Å². The molecule has 0 unspecified atom stereocenters. The van der Waals surface area contributed by atoms with Crippen LogP contribution in [0.5, 0.6) is 0 Å². The summed E-state index contributed by atoms with van der Waals surface area (Å²) in [5.41, 5.74) is 0. The summed E-state index contributed by atoms with van der Waals surface area (Å²) in [4.78, 5) is 0. The zero-order valence-corrected chi connectivity index (χ0v) is 18.7. The summed E-state index contributed by atoms with van der Waals surface area (Å²) in [5.74, 6) is -0.686. The van der Waals surface area contributed by atoms with E-state index in [0.29, 0.717) is 38.5 Å². The van der Waals surface area contributed by atoms with Crippen LogP contribution in [0.2, 0.25) is 0 Å². The number of hydrogen-bond acceptors (Lipinski definition) is 9. The lowest BCUT2D eigenvalue weighted by atomic mass is 10.4. The van der Waals surface area contributed by atoms with Crippen molar-refractivity contribution in [3.8, 4) is 0 Å². The van der Waals surface area contributed by atoms with Crippen molar-refractivity contribution in [1.82, 2.24) is 0 Å². The van der Waals surface area contributed by atoms with E-state index in [1.54, 1.807) is 6.92 Å². The maximum absolute atomic E-state index is 12.0. The van der Waals surface area contributed by atoms with Crippen LogP contribution >= 0.6 is 0 Å². The fourth-order valence-electron chi connectivity index (χ4n) is 1.80. The van der Waals surface area contributed by atoms with Crippen LogP contribution < -0.4 is 0 Å². The number of hydrogen-bond donors (Lipinski definition) is 0. The van der Waals surface area contributed by atoms with E-state index in [4.69, 9.17) is 12.5 Å². The molecule has 0 atom stereocenters. The van der Waals surface area contributed by atoms with E-state index in [1.807, 2.05) is 13.8 Å². The molecule has 0 aromatic rings. The molecule has 0 saturated heterocycles. The quantitative estimate of drug-likeness (QED) is 0.303. The highest BCUT2D eigenvalue weighted by Gasteiger charge is 2.25. The molecule has 0 aromatic heterocycles. The topological polar surface area (TPSA) is 130 Å². The van der Waals surface area contributed by atoms with Crippen LogP contribution in [0.4, 0.5) is 0 Å². The normalized spacial score (nSPS) is 13.3. The molecule has 0 aliphatic rings. The van der Waals surface area contributed by atoms with Gasteiger partial charge in [0.1, 0.15) is 6.10 Å². The Kier molecular flexibility index (Phi) is 12.9. The molecule has 0 rings (SSSR count). The van der Waals surface area contributed by atoms with Crippen LogP contribution in [0.1, 0.15) is 59.3 Å². The van der Waals surface area contributed by atoms with Gasteiger partial charge in [-0.15, -0.1) is 0 Å². The molecule has 0 aliphatic heterocycles. The van der Waals surface area contributed by atoms with Crippen molar-refractivity contribution < 1.29 is 37.8 Å². The summed E-state index contributed by atoms with van der Waals surface area (Å²) in [6.07, 6.45) is 1.69. The van der Waals surface area contributed by atoms with Gasteiger partial charge in [-0.2, -0.15) is 25.3 Å². The Morgan fingerprint density at radius 1 is 0.593 bits per heavy atom. The van der Waals surface area contributed by atoms with Gasteiger partial charge in [-0.05, 0) is 19.3 Å². The van der Waals surface area contributed by atoms with Crippen molar-refractivity contribution in [2.24, 2.45) is 0 Å². The Balaban J connectivity index is 4.99. The molecule has 0 N–H and O–H groups in total. The van der Waals surface area contributed by atoms with Crippen LogP contribution in [-0.4, -0.2) is 61.8 Å². The van der Waals surface area contributed by atoms with Gasteiger partial charge in [-0.3, -0.25) is 12.5 Å². The molecule has 0 fully saturated rings. The molecule has 0 bridgehead atoms. The first-order valence-electron chi connectivity index (χ1n) is 9.12. The first-order valence-corrected chi connectivity index (χ1v) is 13.8. The Hall–Kier alpha value is -0.270. The van der Waals surface area contributed by atoms with E-state index >= 15 is 0 Å². The molecule has 27 heavy (non-hydrogen) atoms. The molecule has 0 amide bonds. The number of unbranched alkanes of at least 4 members (excludes halogenated alkanes) is 3. The molecule has 0 radical (unpaired) electrons. The van der Waals surface area contributed by atoms with Gasteiger partial charge >= 0.3 is 0 Å². The molecule has 0 aliphatic carbocycles. The zero-order valence-electron chi connectivity index (χ0n) is 16.3. The third-order valence-corrected chi connectivity index (χ3v) is 7.32. The minimum atomic E-state index is -3.96. The molecule has 0 saturated carbocycles. The SMILES string of the molecule is CCCCS(=O)(=O)OCC(COS(=O)(=O)CCCC)OS(=O)(=O)CCCC. The van der Waals surface area contributed by atoms with E-state index in [-0.39, 0.29) is 17.3 Å². The second-order valence-corrected chi connectivity index (χ2v) is 11.4. The van der Waals surface area contributed by atoms with Crippen molar-refractivity contribution >= 4 is 30.4 Å². The van der Waals surface area contributed by atoms with Crippen LogP contribution in [0.25, 0.3) is 0 Å². The lowest BCUT2D eigenvalue weighted by molar-refractivity contribution is 0.0909. The van der Waals surface area contributed by atoms with Crippen molar-refractivity contribution in [3.05, 3.63) is 0 Å². The van der Waals surface area contributed by atoms with Gasteiger partial charge in [0.05, 0.1) is 30.5 Å². The molecule has 0 heterocycles. The van der Waals surface area contributed by atoms with Gasteiger partial charge < -0.3 is 0 Å². The van der Waals surface area contributed by atoms with E-state index in [9.17, 15) is 25.3 Å². The molecule has 164 valence electrons. The summed E-state index contributed by atoms with van der Waals surface area (Å²) in [7, 11) is -11.7. The van der Waals surface area contributed by atoms with Gasteiger partial charge in [0.2, 0.25) is 0 Å². The average molecular weight is 453 g/mol. The van der Waals surface area contributed by atoms with Gasteiger partial charge in [-0.1, -0.05) is 40.0 Å². The van der Waals surface area contributed by atoms with Crippen molar-refractivity contribution in [2.45, 2.75) is 65.4 Å². The lowest BCUT2D eigenvalue weighted by Gasteiger charge is -2.17. The van der Waals surface area contributed by atoms with Crippen molar-refractivity contribution in [1.29, 1.82) is 0 Å². The zero-order chi connectivity index (χ0) is 21.0. The van der Waals surface area contributed by atoms with Crippen LogP contribution in [-0.2, 0) is 42.9 Å². The first-order chi connectivity index (χ1) is 12.5. The van der Waals surface area contributed by atoms with Gasteiger partial charge in [0.25, 0.3) is 30.4 Å². The smallest absolute Gasteiger partial charge is 0.267 e. The summed E-state index contributed by atoms with van der Waals surface area (Å²) in [6, 6.07) is 0. The van der Waals surface area contributed by atoms with Gasteiger partial charge in [-0.25, -0.2) is 0 Å². The van der Waals surface area contributed by atoms with Crippen molar-refractivity contribution in [3.63, 3.8) is 0 Å². The fourth-order valence-corrected chi connectivity index (χ4v) is 5.30. The maximum atomic E-state index is 12.0. The highest BCUT2D eigenvalue weighted by atomic mass is 32.2. The molecular weight excluding hydrogens is 420 g/mol. The molecule has 0 aromatic carbocycles. The lowest BCUT2D eigenvalue weighted by Crippen LogP contribution is -2.32. The minimum Gasteiger partial charge on any atom is -0.267 e. The summed E-state index contributed by atoms with van der Waals surface area (Å²) < 4.78 is 85.6. The Morgan fingerprint density at radius 2 is 0.926 bits per heavy atom. The highest BCUT2D eigenvalue weighted by molar-refractivity contribution is 7.87. The van der Waals surface area contributed by atoms with E-state index < -0.39 is 49.7 Å². The Morgan fingerprint density at radius 3 is 1.26 bits per heavy atom. The summed E-state index contributed by atoms with van der Waals surface area (Å²) in [5, 5.41) is 0. The monoisotopic (exact) mass is 452 g/mol. The molecule has 0 spiro atoms. The fraction of sp³-hybridized carbons (Fsp3) is 1.00. The van der Waals surface area contributed by atoms with Crippen LogP contribution in [0.3, 0.4) is 0 Å². The van der Waals surface area contributed by atoms with Crippen LogP contribution in [0.15, 0.2) is 0 Å². The third-order valence-electron chi connectivity index (χ3n) is 3.39. The van der Waals surface area contributed by atoms with E-state index in [2.05, 4.69) is 0 Å². The second kappa shape index (κ2) is 13.0. The van der Waals surface area contributed by atoms with Crippen molar-refractivity contribution in [2.75, 3.05) is 30.5 Å². The Bertz CT molecular complexity index is 655. The number of rotatable bonds is 17. The summed E-state index contributed by atoms with van der Waals surface area (Å²) >= 11 is 0. The second-order valence-electron chi connectivity index (χ2n) is 6.13. The molecule has 12 heteroatoms. The predicted molar refractivity (Wildman–Crippen MR) is 103 cm³/mol. The first kappa shape index (κ1) is 26.7. The predicted octanol–water partition coefficient (Wildman–Crippen LogP) is 1.79. The van der Waals surface area contributed by atoms with Gasteiger partial charge in [0, 0.05) is 0 Å². The summed E-state index contributed by atoms with van der Waals surface area (Å²) in [6.45, 7) is 4.16. The standard InChI is InChI=1S/C15H32O9S3/c1-4-7-10-25(16,17)22-13-15(24-27(20,21)12-9-6-3)14-23-26(18,19)11-8-5-2/h15H,4-14H2,1-3H3. The molecular formula is C15H32O9S3. The minimum absolute atomic E-state index is 0.214. The Labute approximate surface area is 164 Å². The largest absolute Gasteiger partial charge is 0.267 e. The maximum Gasteiger partial charge on any atom is 0.267 e. The third kappa shape index (κ3) is 14.4. The van der Waals surface area contributed by atoms with E-state index in [0.717, 1.165) is 0 Å². The average Bonchev–Trinajstić information content (AvgIpc) is 2.59. The molecule has 9 nitrogen and oxygen atoms in total.